The smallest absolute Gasteiger partial charge is 0.410 e. The first-order chi connectivity index (χ1) is 13.7. The number of hydrogen-bond donors (Lipinski definition) is 0. The molecular weight excluding hydrogens is 415 g/mol. The molecule has 0 aromatic heterocycles. The van der Waals surface area contributed by atoms with E-state index in [1.165, 1.54) is 0 Å². The largest absolute Gasteiger partial charge is 0.444 e. The average Bonchev–Trinajstić information content (AvgIpc) is 3.13. The summed E-state index contributed by atoms with van der Waals surface area (Å²) in [6.07, 6.45) is 1.86. The van der Waals surface area contributed by atoms with Gasteiger partial charge in [-0.1, -0.05) is 29.3 Å². The standard InChI is InChI=1S/C21H28Cl2N2O4/c1-21(2,3)29-20(27)24-10-7-15(13-24)25(14-8-11-28-12-9-14)19(26)16-5-4-6-17(22)18(16)23/h4-6,14-15H,7-13H2,1-3H3/t15-/m0/s1. The van der Waals surface area contributed by atoms with Crippen molar-refractivity contribution >= 4 is 35.2 Å². The van der Waals surface area contributed by atoms with E-state index in [1.807, 2.05) is 25.7 Å². The van der Waals surface area contributed by atoms with Crippen LogP contribution < -0.4 is 0 Å². The van der Waals surface area contributed by atoms with Crippen LogP contribution in [0.25, 0.3) is 0 Å². The number of rotatable bonds is 3. The van der Waals surface area contributed by atoms with Crippen LogP contribution >= 0.6 is 23.2 Å². The number of hydrogen-bond acceptors (Lipinski definition) is 4. The summed E-state index contributed by atoms with van der Waals surface area (Å²) in [7, 11) is 0. The van der Waals surface area contributed by atoms with Crippen LogP contribution in [0.1, 0.15) is 50.4 Å². The Bertz CT molecular complexity index is 760. The number of likely N-dealkylation sites (tertiary alicyclic amines) is 1. The molecular formula is C21H28Cl2N2O4. The van der Waals surface area contributed by atoms with Crippen LogP contribution in [-0.2, 0) is 9.47 Å². The van der Waals surface area contributed by atoms with Crippen molar-refractivity contribution in [2.45, 2.75) is 57.7 Å². The fraction of sp³-hybridized carbons (Fsp3) is 0.619. The first-order valence-electron chi connectivity index (χ1n) is 9.99. The van der Waals surface area contributed by atoms with Gasteiger partial charge in [0.05, 0.1) is 21.7 Å². The first kappa shape index (κ1) is 22.2. The summed E-state index contributed by atoms with van der Waals surface area (Å²) in [5.74, 6) is -0.152. The molecule has 29 heavy (non-hydrogen) atoms. The van der Waals surface area contributed by atoms with Crippen molar-refractivity contribution in [1.82, 2.24) is 9.80 Å². The highest BCUT2D eigenvalue weighted by Gasteiger charge is 2.39. The zero-order valence-corrected chi connectivity index (χ0v) is 18.6. The summed E-state index contributed by atoms with van der Waals surface area (Å²) in [5, 5.41) is 0.615. The lowest BCUT2D eigenvalue weighted by molar-refractivity contribution is 0.0128. The van der Waals surface area contributed by atoms with Crippen LogP contribution in [0, 0.1) is 0 Å². The Morgan fingerprint density at radius 3 is 2.48 bits per heavy atom. The Labute approximate surface area is 182 Å². The van der Waals surface area contributed by atoms with E-state index in [4.69, 9.17) is 32.7 Å². The highest BCUT2D eigenvalue weighted by Crippen LogP contribution is 2.31. The molecule has 6 nitrogen and oxygen atoms in total. The number of ether oxygens (including phenoxy) is 2. The van der Waals surface area contributed by atoms with Crippen molar-refractivity contribution in [2.75, 3.05) is 26.3 Å². The minimum Gasteiger partial charge on any atom is -0.444 e. The lowest BCUT2D eigenvalue weighted by Gasteiger charge is -2.38. The Morgan fingerprint density at radius 2 is 1.83 bits per heavy atom. The van der Waals surface area contributed by atoms with E-state index in [0.717, 1.165) is 12.8 Å². The molecule has 160 valence electrons. The van der Waals surface area contributed by atoms with E-state index in [0.29, 0.717) is 43.3 Å². The third-order valence-electron chi connectivity index (χ3n) is 5.21. The zero-order valence-electron chi connectivity index (χ0n) is 17.1. The van der Waals surface area contributed by atoms with Gasteiger partial charge in [0.15, 0.2) is 0 Å². The third-order valence-corrected chi connectivity index (χ3v) is 6.03. The molecule has 0 bridgehead atoms. The molecule has 1 aromatic carbocycles. The lowest BCUT2D eigenvalue weighted by atomic mass is 10.0. The second-order valence-corrected chi connectivity index (χ2v) is 9.31. The molecule has 1 aromatic rings. The minimum absolute atomic E-state index is 0.0369. The van der Waals surface area contributed by atoms with E-state index >= 15 is 0 Å². The molecule has 2 aliphatic heterocycles. The number of carbonyl (C=O) groups excluding carboxylic acids is 2. The Kier molecular flexibility index (Phi) is 6.97. The Morgan fingerprint density at radius 1 is 1.14 bits per heavy atom. The van der Waals surface area contributed by atoms with Gasteiger partial charge >= 0.3 is 6.09 Å². The van der Waals surface area contributed by atoms with Gasteiger partial charge in [0.1, 0.15) is 5.60 Å². The van der Waals surface area contributed by atoms with Crippen molar-refractivity contribution < 1.29 is 19.1 Å². The summed E-state index contributed by atoms with van der Waals surface area (Å²) in [6, 6.07) is 5.02. The van der Waals surface area contributed by atoms with Crippen LogP contribution in [0.5, 0.6) is 0 Å². The van der Waals surface area contributed by atoms with E-state index < -0.39 is 5.60 Å². The molecule has 0 N–H and O–H groups in total. The van der Waals surface area contributed by atoms with Crippen molar-refractivity contribution in [3.05, 3.63) is 33.8 Å². The fourth-order valence-corrected chi connectivity index (χ4v) is 4.24. The maximum atomic E-state index is 13.5. The summed E-state index contributed by atoms with van der Waals surface area (Å²) in [4.78, 5) is 29.6. The highest BCUT2D eigenvalue weighted by molar-refractivity contribution is 6.43. The molecule has 2 amide bonds. The van der Waals surface area contributed by atoms with Gasteiger partial charge in [0, 0.05) is 32.3 Å². The van der Waals surface area contributed by atoms with Gasteiger partial charge in [-0.05, 0) is 52.2 Å². The molecule has 0 saturated carbocycles. The molecule has 1 atom stereocenters. The summed E-state index contributed by atoms with van der Waals surface area (Å²) in [6.45, 7) is 7.75. The maximum Gasteiger partial charge on any atom is 0.410 e. The van der Waals surface area contributed by atoms with Gasteiger partial charge in [-0.15, -0.1) is 0 Å². The van der Waals surface area contributed by atoms with E-state index in [9.17, 15) is 9.59 Å². The van der Waals surface area contributed by atoms with Gasteiger partial charge in [-0.3, -0.25) is 4.79 Å². The fourth-order valence-electron chi connectivity index (χ4n) is 3.86. The first-order valence-corrected chi connectivity index (χ1v) is 10.8. The van der Waals surface area contributed by atoms with Crippen molar-refractivity contribution in [3.8, 4) is 0 Å². The van der Waals surface area contributed by atoms with Crippen LogP contribution in [0.4, 0.5) is 4.79 Å². The van der Waals surface area contributed by atoms with Gasteiger partial charge in [0.25, 0.3) is 5.91 Å². The number of halogens is 2. The molecule has 3 rings (SSSR count). The number of nitrogens with zero attached hydrogens (tertiary/aromatic N) is 2. The molecule has 0 radical (unpaired) electrons. The van der Waals surface area contributed by atoms with E-state index in [-0.39, 0.29) is 29.1 Å². The second-order valence-electron chi connectivity index (χ2n) is 8.53. The van der Waals surface area contributed by atoms with Crippen LogP contribution in [-0.4, -0.2) is 65.8 Å². The Balaban J connectivity index is 1.82. The summed E-state index contributed by atoms with van der Waals surface area (Å²) >= 11 is 12.5. The molecule has 2 aliphatic rings. The Hall–Kier alpha value is -1.50. The SMILES string of the molecule is CC(C)(C)OC(=O)N1CC[C@H](N(C(=O)c2cccc(Cl)c2Cl)C2CCOCC2)C1. The molecule has 2 saturated heterocycles. The quantitative estimate of drug-likeness (QED) is 0.684. The van der Waals surface area contributed by atoms with Crippen LogP contribution in [0.3, 0.4) is 0 Å². The van der Waals surface area contributed by atoms with E-state index in [1.54, 1.807) is 23.1 Å². The van der Waals surface area contributed by atoms with Gasteiger partial charge in [-0.25, -0.2) is 4.79 Å². The summed E-state index contributed by atoms with van der Waals surface area (Å²) < 4.78 is 11.0. The zero-order chi connectivity index (χ0) is 21.2. The van der Waals surface area contributed by atoms with Crippen molar-refractivity contribution in [2.24, 2.45) is 0 Å². The molecule has 0 unspecified atom stereocenters. The number of amides is 2. The predicted molar refractivity (Wildman–Crippen MR) is 113 cm³/mol. The van der Waals surface area contributed by atoms with Gasteiger partial charge in [-0.2, -0.15) is 0 Å². The topological polar surface area (TPSA) is 59.1 Å². The van der Waals surface area contributed by atoms with Crippen LogP contribution in [0.2, 0.25) is 10.0 Å². The third kappa shape index (κ3) is 5.36. The van der Waals surface area contributed by atoms with Gasteiger partial charge in [0.2, 0.25) is 0 Å². The maximum absolute atomic E-state index is 13.5. The van der Waals surface area contributed by atoms with Crippen molar-refractivity contribution in [1.29, 1.82) is 0 Å². The van der Waals surface area contributed by atoms with Crippen molar-refractivity contribution in [3.63, 3.8) is 0 Å². The molecule has 2 heterocycles. The minimum atomic E-state index is -0.556. The van der Waals surface area contributed by atoms with E-state index in [2.05, 4.69) is 0 Å². The molecule has 0 spiro atoms. The number of carbonyl (C=O) groups is 2. The van der Waals surface area contributed by atoms with Gasteiger partial charge < -0.3 is 19.3 Å². The second kappa shape index (κ2) is 9.11. The summed E-state index contributed by atoms with van der Waals surface area (Å²) in [5.41, 5.74) is -0.166. The molecule has 8 heteroatoms. The monoisotopic (exact) mass is 442 g/mol. The number of benzene rings is 1. The highest BCUT2D eigenvalue weighted by atomic mass is 35.5. The van der Waals surface area contributed by atoms with Crippen LogP contribution in [0.15, 0.2) is 18.2 Å². The lowest BCUT2D eigenvalue weighted by Crippen LogP contribution is -2.50. The molecule has 0 aliphatic carbocycles. The normalized spacial score (nSPS) is 20.6. The average molecular weight is 443 g/mol. The molecule has 2 fully saturated rings. The predicted octanol–water partition coefficient (Wildman–Crippen LogP) is 4.62.